The molecule has 0 radical (unpaired) electrons. The van der Waals surface area contributed by atoms with Crippen LogP contribution in [0, 0.1) is 11.3 Å². The van der Waals surface area contributed by atoms with Crippen LogP contribution in [0.15, 0.2) is 40.8 Å². The summed E-state index contributed by atoms with van der Waals surface area (Å²) in [5, 5.41) is 17.0. The molecule has 3 heterocycles. The summed E-state index contributed by atoms with van der Waals surface area (Å²) < 4.78 is 48.6. The van der Waals surface area contributed by atoms with Gasteiger partial charge in [0.1, 0.15) is 23.2 Å². The highest BCUT2D eigenvalue weighted by molar-refractivity contribution is 5.92. The van der Waals surface area contributed by atoms with E-state index in [1.807, 2.05) is 5.32 Å². The van der Waals surface area contributed by atoms with Crippen LogP contribution in [-0.2, 0) is 5.54 Å². The Morgan fingerprint density at radius 2 is 1.97 bits per heavy atom. The molecule has 0 aliphatic carbocycles. The van der Waals surface area contributed by atoms with E-state index in [1.165, 1.54) is 31.4 Å². The monoisotopic (exact) mass is 405 g/mol. The zero-order chi connectivity index (χ0) is 20.8. The van der Waals surface area contributed by atoms with Crippen LogP contribution >= 0.6 is 0 Å². The van der Waals surface area contributed by atoms with E-state index in [0.717, 1.165) is 24.3 Å². The number of amidine groups is 1. The molecule has 3 aliphatic rings. The minimum atomic E-state index is -4.96. The van der Waals surface area contributed by atoms with E-state index in [-0.39, 0.29) is 11.4 Å². The fraction of sp³-hybridized carbons (Fsp3) is 0.421. The van der Waals surface area contributed by atoms with Crippen molar-refractivity contribution in [2.75, 3.05) is 13.7 Å². The number of nitriles is 1. The predicted molar refractivity (Wildman–Crippen MR) is 96.3 cm³/mol. The third-order valence-electron chi connectivity index (χ3n) is 5.41. The quantitative estimate of drug-likeness (QED) is 0.818. The highest BCUT2D eigenvalue weighted by atomic mass is 19.4. The third-order valence-corrected chi connectivity index (χ3v) is 5.41. The van der Waals surface area contributed by atoms with E-state index < -0.39 is 23.3 Å². The van der Waals surface area contributed by atoms with Crippen molar-refractivity contribution in [1.82, 2.24) is 15.2 Å². The lowest BCUT2D eigenvalue weighted by Gasteiger charge is -2.42. The van der Waals surface area contributed by atoms with Gasteiger partial charge in [0.25, 0.3) is 0 Å². The first-order valence-electron chi connectivity index (χ1n) is 9.17. The number of halogens is 3. The second-order valence-corrected chi connectivity index (χ2v) is 7.01. The standard InChI is InChI=1S/C19H18F3N5O2/c1-29-13-8-6-12(7-9-13)18(19(20,21)22)14(11-23)16-26-10-4-2-3-5-15(26)25-27(16)17(28)24-18/h6-9H,2-5,10H2,1H3,(H,24,28)/t18-/m1/s1. The van der Waals surface area contributed by atoms with Crippen LogP contribution in [0.5, 0.6) is 5.75 Å². The zero-order valence-electron chi connectivity index (χ0n) is 15.6. The summed E-state index contributed by atoms with van der Waals surface area (Å²) in [5.41, 5.74) is -3.85. The Labute approximate surface area is 165 Å². The van der Waals surface area contributed by atoms with Crippen molar-refractivity contribution in [3.8, 4) is 11.8 Å². The lowest BCUT2D eigenvalue weighted by molar-refractivity contribution is -0.186. The molecule has 3 aliphatic heterocycles. The van der Waals surface area contributed by atoms with Gasteiger partial charge < -0.3 is 15.0 Å². The largest absolute Gasteiger partial charge is 0.497 e. The summed E-state index contributed by atoms with van der Waals surface area (Å²) in [6.07, 6.45) is -1.97. The number of rotatable bonds is 2. The molecule has 0 unspecified atom stereocenters. The first-order chi connectivity index (χ1) is 13.8. The fourth-order valence-electron chi connectivity index (χ4n) is 4.00. The molecule has 0 spiro atoms. The number of hydrogen-bond acceptors (Lipinski definition) is 5. The maximum atomic E-state index is 14.5. The molecule has 1 saturated heterocycles. The number of ether oxygens (including phenoxy) is 1. The molecule has 0 bridgehead atoms. The van der Waals surface area contributed by atoms with Crippen LogP contribution in [0.3, 0.4) is 0 Å². The average molecular weight is 405 g/mol. The van der Waals surface area contributed by atoms with Gasteiger partial charge in [-0.05, 0) is 30.5 Å². The molecular formula is C19H18F3N5O2. The summed E-state index contributed by atoms with van der Waals surface area (Å²) in [4.78, 5) is 14.3. The molecule has 1 atom stereocenters. The second kappa shape index (κ2) is 6.69. The van der Waals surface area contributed by atoms with Crippen LogP contribution in [0.4, 0.5) is 18.0 Å². The number of hydrazone groups is 1. The molecule has 0 aromatic heterocycles. The molecule has 10 heteroatoms. The molecule has 1 N–H and O–H groups in total. The fourth-order valence-corrected chi connectivity index (χ4v) is 4.00. The number of methoxy groups -OCH3 is 1. The first kappa shape index (κ1) is 19.1. The normalized spacial score (nSPS) is 24.2. The summed E-state index contributed by atoms with van der Waals surface area (Å²) in [7, 11) is 1.40. The number of urea groups is 1. The van der Waals surface area contributed by atoms with Gasteiger partial charge in [0.2, 0.25) is 5.54 Å². The number of nitrogens with zero attached hydrogens (tertiary/aromatic N) is 4. The molecule has 4 rings (SSSR count). The number of carbonyl (C=O) groups is 1. The minimum Gasteiger partial charge on any atom is -0.497 e. The lowest BCUT2D eigenvalue weighted by Crippen LogP contribution is -2.63. The Balaban J connectivity index is 1.97. The van der Waals surface area contributed by atoms with Crippen LogP contribution in [0.2, 0.25) is 0 Å². The van der Waals surface area contributed by atoms with Gasteiger partial charge in [0, 0.05) is 13.0 Å². The predicted octanol–water partition coefficient (Wildman–Crippen LogP) is 3.42. The Kier molecular flexibility index (Phi) is 4.41. The summed E-state index contributed by atoms with van der Waals surface area (Å²) >= 11 is 0. The van der Waals surface area contributed by atoms with E-state index in [0.29, 0.717) is 24.6 Å². The van der Waals surface area contributed by atoms with Gasteiger partial charge >= 0.3 is 12.2 Å². The molecule has 152 valence electrons. The van der Waals surface area contributed by atoms with Gasteiger partial charge in [-0.2, -0.15) is 23.4 Å². The first-order valence-corrected chi connectivity index (χ1v) is 9.17. The van der Waals surface area contributed by atoms with Crippen molar-refractivity contribution in [2.24, 2.45) is 5.10 Å². The van der Waals surface area contributed by atoms with Gasteiger partial charge in [-0.3, -0.25) is 0 Å². The van der Waals surface area contributed by atoms with Crippen LogP contribution in [-0.4, -0.2) is 41.6 Å². The van der Waals surface area contributed by atoms with E-state index in [2.05, 4.69) is 5.10 Å². The van der Waals surface area contributed by atoms with Crippen LogP contribution in [0.25, 0.3) is 0 Å². The summed E-state index contributed by atoms with van der Waals surface area (Å²) in [5.74, 6) is 0.759. The third kappa shape index (κ3) is 2.72. The molecular weight excluding hydrogens is 387 g/mol. The van der Waals surface area contributed by atoms with Gasteiger partial charge in [0.05, 0.1) is 7.11 Å². The summed E-state index contributed by atoms with van der Waals surface area (Å²) in [6, 6.07) is 5.85. The number of hydrogen-bond donors (Lipinski definition) is 1. The minimum absolute atomic E-state index is 0.110. The molecule has 0 saturated carbocycles. The van der Waals surface area contributed by atoms with Gasteiger partial charge in [-0.15, -0.1) is 5.10 Å². The molecule has 7 nitrogen and oxygen atoms in total. The smallest absolute Gasteiger partial charge is 0.421 e. The molecule has 2 amide bonds. The number of amides is 2. The van der Waals surface area contributed by atoms with Crippen molar-refractivity contribution in [2.45, 2.75) is 37.4 Å². The van der Waals surface area contributed by atoms with Gasteiger partial charge in [-0.25, -0.2) is 4.79 Å². The number of nitrogens with one attached hydrogen (secondary N) is 1. The average Bonchev–Trinajstić information content (AvgIpc) is 2.90. The number of benzene rings is 1. The van der Waals surface area contributed by atoms with Crippen LogP contribution < -0.4 is 10.1 Å². The SMILES string of the molecule is COc1ccc([C@@]2(C(F)(F)F)NC(=O)N3N=C4CCCCCN4C3=C2C#N)cc1. The zero-order valence-corrected chi connectivity index (χ0v) is 15.6. The Morgan fingerprint density at radius 1 is 1.24 bits per heavy atom. The highest BCUT2D eigenvalue weighted by Gasteiger charge is 2.65. The van der Waals surface area contributed by atoms with Crippen molar-refractivity contribution in [3.05, 3.63) is 41.2 Å². The Hall–Kier alpha value is -3.22. The molecule has 1 aromatic carbocycles. The number of carbonyl (C=O) groups excluding carboxylic acids is 1. The topological polar surface area (TPSA) is 81.0 Å². The van der Waals surface area contributed by atoms with Crippen molar-refractivity contribution >= 4 is 11.9 Å². The summed E-state index contributed by atoms with van der Waals surface area (Å²) in [6.45, 7) is 0.402. The van der Waals surface area contributed by atoms with E-state index in [1.54, 1.807) is 11.0 Å². The van der Waals surface area contributed by atoms with Crippen molar-refractivity contribution < 1.29 is 22.7 Å². The molecule has 1 aromatic rings. The Morgan fingerprint density at radius 3 is 2.59 bits per heavy atom. The number of alkyl halides is 3. The lowest BCUT2D eigenvalue weighted by atomic mass is 9.80. The molecule has 1 fully saturated rings. The maximum Gasteiger partial charge on any atom is 0.421 e. The van der Waals surface area contributed by atoms with E-state index in [4.69, 9.17) is 4.74 Å². The Bertz CT molecular complexity index is 948. The van der Waals surface area contributed by atoms with Gasteiger partial charge in [0.15, 0.2) is 5.82 Å². The second-order valence-electron chi connectivity index (χ2n) is 7.01. The highest BCUT2D eigenvalue weighted by Crippen LogP contribution is 2.49. The van der Waals surface area contributed by atoms with E-state index in [9.17, 15) is 23.2 Å². The van der Waals surface area contributed by atoms with Crippen molar-refractivity contribution in [1.29, 1.82) is 5.26 Å². The van der Waals surface area contributed by atoms with Crippen molar-refractivity contribution in [3.63, 3.8) is 0 Å². The molecule has 29 heavy (non-hydrogen) atoms. The van der Waals surface area contributed by atoms with Crippen LogP contribution in [0.1, 0.15) is 31.2 Å². The van der Waals surface area contributed by atoms with E-state index >= 15 is 0 Å². The maximum absolute atomic E-state index is 14.5. The van der Waals surface area contributed by atoms with Gasteiger partial charge in [-0.1, -0.05) is 18.6 Å². The number of fused-ring (bicyclic) bond motifs is 3.